The van der Waals surface area contributed by atoms with E-state index >= 15 is 0 Å². The number of fused-ring (bicyclic) bond motifs is 1. The first-order valence-corrected chi connectivity index (χ1v) is 13.8. The summed E-state index contributed by atoms with van der Waals surface area (Å²) >= 11 is 0. The first-order chi connectivity index (χ1) is 17.5. The number of nitrogens with zero attached hydrogens (tertiary/aromatic N) is 3. The number of morpholine rings is 1. The van der Waals surface area contributed by atoms with Gasteiger partial charge in [0.05, 0.1) is 31.0 Å². The van der Waals surface area contributed by atoms with Crippen molar-refractivity contribution in [2.75, 3.05) is 49.1 Å². The number of aromatic nitrogens is 2. The number of ether oxygens (including phenoxy) is 1. The van der Waals surface area contributed by atoms with Gasteiger partial charge in [-0.25, -0.2) is 18.4 Å². The minimum absolute atomic E-state index is 0.175. The zero-order valence-corrected chi connectivity index (χ0v) is 20.9. The molecule has 186 valence electrons. The zero-order valence-electron chi connectivity index (χ0n) is 20.1. The molecule has 0 saturated carbocycles. The van der Waals surface area contributed by atoms with Crippen LogP contribution in [-0.4, -0.2) is 62.4 Å². The molecule has 1 fully saturated rings. The fourth-order valence-electron chi connectivity index (χ4n) is 4.46. The van der Waals surface area contributed by atoms with E-state index in [0.29, 0.717) is 18.1 Å². The van der Waals surface area contributed by atoms with Gasteiger partial charge in [-0.3, -0.25) is 9.62 Å². The molecule has 0 bridgehead atoms. The minimum atomic E-state index is -3.34. The van der Waals surface area contributed by atoms with Crippen LogP contribution in [0.3, 0.4) is 0 Å². The number of sulfonamides is 1. The predicted octanol–water partition coefficient (Wildman–Crippen LogP) is 4.15. The molecule has 0 amide bonds. The lowest BCUT2D eigenvalue weighted by molar-refractivity contribution is 0.0187. The SMILES string of the molecule is CS(=O)(=O)Nc1ccc(-c2nc(NCC(c3ccccc3)N3CCOCC3)c3ccccc3n2)cc1. The molecule has 1 aromatic heterocycles. The van der Waals surface area contributed by atoms with Gasteiger partial charge in [0.15, 0.2) is 5.82 Å². The maximum atomic E-state index is 11.5. The Balaban J connectivity index is 1.45. The number of hydrogen-bond donors (Lipinski definition) is 2. The molecule has 0 spiro atoms. The fourth-order valence-corrected chi connectivity index (χ4v) is 5.02. The highest BCUT2D eigenvalue weighted by Crippen LogP contribution is 2.28. The van der Waals surface area contributed by atoms with Crippen molar-refractivity contribution in [3.05, 3.63) is 84.4 Å². The molecule has 0 aliphatic carbocycles. The summed E-state index contributed by atoms with van der Waals surface area (Å²) in [5.74, 6) is 1.34. The zero-order chi connectivity index (χ0) is 25.0. The number of nitrogens with one attached hydrogen (secondary N) is 2. The highest BCUT2D eigenvalue weighted by atomic mass is 32.2. The molecule has 3 aromatic carbocycles. The highest BCUT2D eigenvalue weighted by molar-refractivity contribution is 7.92. The average Bonchev–Trinajstić information content (AvgIpc) is 2.89. The second kappa shape index (κ2) is 10.6. The summed E-state index contributed by atoms with van der Waals surface area (Å²) in [5.41, 5.74) is 3.39. The normalized spacial score (nSPS) is 15.5. The topological polar surface area (TPSA) is 96.5 Å². The van der Waals surface area contributed by atoms with E-state index < -0.39 is 10.0 Å². The lowest BCUT2D eigenvalue weighted by Gasteiger charge is -2.35. The summed E-state index contributed by atoms with van der Waals surface area (Å²) in [5, 5.41) is 4.56. The lowest BCUT2D eigenvalue weighted by Crippen LogP contribution is -2.41. The molecule has 1 atom stereocenters. The van der Waals surface area contributed by atoms with Gasteiger partial charge in [-0.15, -0.1) is 0 Å². The van der Waals surface area contributed by atoms with Crippen LogP contribution in [0.2, 0.25) is 0 Å². The van der Waals surface area contributed by atoms with Crippen LogP contribution in [0.15, 0.2) is 78.9 Å². The van der Waals surface area contributed by atoms with E-state index in [-0.39, 0.29) is 6.04 Å². The van der Waals surface area contributed by atoms with Gasteiger partial charge in [-0.05, 0) is 42.0 Å². The molecular formula is C27H29N5O3S. The van der Waals surface area contributed by atoms with Crippen molar-refractivity contribution in [2.45, 2.75) is 6.04 Å². The predicted molar refractivity (Wildman–Crippen MR) is 144 cm³/mol. The average molecular weight is 504 g/mol. The molecule has 0 radical (unpaired) electrons. The Kier molecular flexibility index (Phi) is 7.13. The van der Waals surface area contributed by atoms with Crippen molar-refractivity contribution in [3.63, 3.8) is 0 Å². The molecule has 1 unspecified atom stereocenters. The van der Waals surface area contributed by atoms with Crippen molar-refractivity contribution in [2.24, 2.45) is 0 Å². The van der Waals surface area contributed by atoms with E-state index in [1.807, 2.05) is 42.5 Å². The molecule has 36 heavy (non-hydrogen) atoms. The lowest BCUT2D eigenvalue weighted by atomic mass is 10.0. The molecule has 2 heterocycles. The second-order valence-electron chi connectivity index (χ2n) is 8.82. The third-order valence-electron chi connectivity index (χ3n) is 6.18. The summed E-state index contributed by atoms with van der Waals surface area (Å²) in [4.78, 5) is 12.1. The number of hydrogen-bond acceptors (Lipinski definition) is 7. The van der Waals surface area contributed by atoms with Gasteiger partial charge in [0.2, 0.25) is 10.0 Å². The van der Waals surface area contributed by atoms with Gasteiger partial charge in [0.1, 0.15) is 5.82 Å². The molecule has 2 N–H and O–H groups in total. The summed E-state index contributed by atoms with van der Waals surface area (Å²) in [6.45, 7) is 3.90. The van der Waals surface area contributed by atoms with Gasteiger partial charge in [0.25, 0.3) is 0 Å². The van der Waals surface area contributed by atoms with E-state index in [4.69, 9.17) is 14.7 Å². The molecule has 1 aliphatic heterocycles. The maximum absolute atomic E-state index is 11.5. The Labute approximate surface area is 211 Å². The molecule has 8 nitrogen and oxygen atoms in total. The van der Waals surface area contributed by atoms with E-state index in [1.165, 1.54) is 5.56 Å². The number of benzene rings is 3. The first kappa shape index (κ1) is 24.2. The van der Waals surface area contributed by atoms with Crippen LogP contribution in [0.1, 0.15) is 11.6 Å². The van der Waals surface area contributed by atoms with Crippen molar-refractivity contribution in [3.8, 4) is 11.4 Å². The molecule has 1 saturated heterocycles. The molecule has 5 rings (SSSR count). The van der Waals surface area contributed by atoms with Gasteiger partial charge in [-0.2, -0.15) is 0 Å². The minimum Gasteiger partial charge on any atom is -0.379 e. The van der Waals surface area contributed by atoms with Crippen LogP contribution in [0.4, 0.5) is 11.5 Å². The summed E-state index contributed by atoms with van der Waals surface area (Å²) in [7, 11) is -3.34. The Morgan fingerprint density at radius 1 is 0.917 bits per heavy atom. The van der Waals surface area contributed by atoms with E-state index in [9.17, 15) is 8.42 Å². The monoisotopic (exact) mass is 503 g/mol. The maximum Gasteiger partial charge on any atom is 0.229 e. The molecule has 9 heteroatoms. The standard InChI is InChI=1S/C27H29N5O3S/c1-36(33,34)31-22-13-11-21(12-14-22)26-29-24-10-6-5-9-23(24)27(30-26)28-19-25(20-7-3-2-4-8-20)32-15-17-35-18-16-32/h2-14,25,31H,15-19H2,1H3,(H,28,29,30). The van der Waals surface area contributed by atoms with Crippen molar-refractivity contribution < 1.29 is 13.2 Å². The Morgan fingerprint density at radius 3 is 2.33 bits per heavy atom. The van der Waals surface area contributed by atoms with E-state index in [0.717, 1.165) is 54.8 Å². The Bertz CT molecular complexity index is 1420. The summed E-state index contributed by atoms with van der Waals surface area (Å²) < 4.78 is 31.1. The smallest absolute Gasteiger partial charge is 0.229 e. The second-order valence-corrected chi connectivity index (χ2v) is 10.6. The van der Waals surface area contributed by atoms with Crippen molar-refractivity contribution in [1.29, 1.82) is 0 Å². The van der Waals surface area contributed by atoms with Gasteiger partial charge >= 0.3 is 0 Å². The van der Waals surface area contributed by atoms with E-state index in [2.05, 4.69) is 39.2 Å². The van der Waals surface area contributed by atoms with Crippen molar-refractivity contribution >= 4 is 32.4 Å². The van der Waals surface area contributed by atoms with Crippen LogP contribution >= 0.6 is 0 Å². The third kappa shape index (κ3) is 5.81. The molecule has 1 aliphatic rings. The van der Waals surface area contributed by atoms with E-state index in [1.54, 1.807) is 12.1 Å². The molecule has 4 aromatic rings. The highest BCUT2D eigenvalue weighted by Gasteiger charge is 2.23. The summed E-state index contributed by atoms with van der Waals surface area (Å²) in [6.07, 6.45) is 1.13. The van der Waals surface area contributed by atoms with Crippen molar-refractivity contribution in [1.82, 2.24) is 14.9 Å². The summed E-state index contributed by atoms with van der Waals surface area (Å²) in [6, 6.07) is 25.7. The quantitative estimate of drug-likeness (QED) is 0.373. The van der Waals surface area contributed by atoms with Gasteiger partial charge < -0.3 is 10.1 Å². The third-order valence-corrected chi connectivity index (χ3v) is 6.79. The largest absolute Gasteiger partial charge is 0.379 e. The number of rotatable bonds is 8. The fraction of sp³-hybridized carbons (Fsp3) is 0.259. The van der Waals surface area contributed by atoms with Crippen LogP contribution in [-0.2, 0) is 14.8 Å². The Morgan fingerprint density at radius 2 is 1.61 bits per heavy atom. The van der Waals surface area contributed by atoms with Crippen LogP contribution in [0, 0.1) is 0 Å². The first-order valence-electron chi connectivity index (χ1n) is 11.9. The van der Waals surface area contributed by atoms with Gasteiger partial charge in [-0.1, -0.05) is 42.5 Å². The number of para-hydroxylation sites is 1. The number of anilines is 2. The Hall–Kier alpha value is -3.53. The molecular weight excluding hydrogens is 474 g/mol. The van der Waals surface area contributed by atoms with Crippen LogP contribution in [0.25, 0.3) is 22.3 Å². The van der Waals surface area contributed by atoms with Gasteiger partial charge in [0, 0.05) is 36.3 Å². The van der Waals surface area contributed by atoms with Crippen LogP contribution < -0.4 is 10.0 Å². The van der Waals surface area contributed by atoms with Crippen LogP contribution in [0.5, 0.6) is 0 Å².